The van der Waals surface area contributed by atoms with E-state index in [4.69, 9.17) is 9.47 Å². The second-order valence-corrected chi connectivity index (χ2v) is 7.24. The molecule has 0 spiro atoms. The number of methoxy groups -OCH3 is 1. The minimum absolute atomic E-state index is 0.0128. The number of likely N-dealkylation sites (tertiary alicyclic amines) is 1. The zero-order valence-electron chi connectivity index (χ0n) is 17.0. The summed E-state index contributed by atoms with van der Waals surface area (Å²) in [7, 11) is 1.61. The van der Waals surface area contributed by atoms with Gasteiger partial charge in [0.1, 0.15) is 18.1 Å². The first-order valence-corrected chi connectivity index (χ1v) is 9.91. The highest BCUT2D eigenvalue weighted by Gasteiger charge is 2.43. The van der Waals surface area contributed by atoms with E-state index in [2.05, 4.69) is 5.32 Å². The van der Waals surface area contributed by atoms with E-state index < -0.39 is 5.41 Å². The van der Waals surface area contributed by atoms with Crippen LogP contribution in [-0.4, -0.2) is 50.1 Å². The molecule has 0 atom stereocenters. The molecule has 1 aliphatic rings. The molecule has 1 aliphatic heterocycles. The molecule has 1 heterocycles. The van der Waals surface area contributed by atoms with Crippen molar-refractivity contribution in [2.75, 3.05) is 33.4 Å². The minimum atomic E-state index is -0.622. The molecule has 2 aromatic carbocycles. The third-order valence-corrected chi connectivity index (χ3v) is 5.52. The SMILES string of the molecule is COc1cccc(OCCNC(=O)C2(c3ccccc3)CCN(C(C)=O)CC2)c1. The van der Waals surface area contributed by atoms with E-state index in [0.29, 0.717) is 44.8 Å². The Kier molecular flexibility index (Phi) is 6.75. The quantitative estimate of drug-likeness (QED) is 0.731. The van der Waals surface area contributed by atoms with E-state index >= 15 is 0 Å². The van der Waals surface area contributed by atoms with Crippen molar-refractivity contribution in [3.63, 3.8) is 0 Å². The lowest BCUT2D eigenvalue weighted by molar-refractivity contribution is -0.135. The number of ether oxygens (including phenoxy) is 2. The van der Waals surface area contributed by atoms with Crippen LogP contribution in [0.15, 0.2) is 54.6 Å². The number of rotatable bonds is 7. The number of hydrogen-bond acceptors (Lipinski definition) is 4. The second-order valence-electron chi connectivity index (χ2n) is 7.24. The van der Waals surface area contributed by atoms with Crippen molar-refractivity contribution < 1.29 is 19.1 Å². The molecule has 2 amide bonds. The summed E-state index contributed by atoms with van der Waals surface area (Å²) >= 11 is 0. The molecule has 6 nitrogen and oxygen atoms in total. The normalized spacial score (nSPS) is 15.4. The zero-order chi connectivity index (χ0) is 20.7. The number of hydrogen-bond donors (Lipinski definition) is 1. The maximum atomic E-state index is 13.2. The van der Waals surface area contributed by atoms with Crippen LogP contribution in [0.1, 0.15) is 25.3 Å². The number of piperidine rings is 1. The third-order valence-electron chi connectivity index (χ3n) is 5.52. The van der Waals surface area contributed by atoms with Crippen LogP contribution in [0, 0.1) is 0 Å². The van der Waals surface area contributed by atoms with Gasteiger partial charge in [-0.05, 0) is 30.5 Å². The monoisotopic (exact) mass is 396 g/mol. The van der Waals surface area contributed by atoms with E-state index in [1.165, 1.54) is 0 Å². The van der Waals surface area contributed by atoms with Gasteiger partial charge in [0.2, 0.25) is 11.8 Å². The lowest BCUT2D eigenvalue weighted by atomic mass is 9.72. The summed E-state index contributed by atoms with van der Waals surface area (Å²) < 4.78 is 10.9. The lowest BCUT2D eigenvalue weighted by Crippen LogP contribution is -2.53. The number of nitrogens with zero attached hydrogens (tertiary/aromatic N) is 1. The van der Waals surface area contributed by atoms with Gasteiger partial charge >= 0.3 is 0 Å². The van der Waals surface area contributed by atoms with E-state index in [9.17, 15) is 9.59 Å². The van der Waals surface area contributed by atoms with Crippen LogP contribution in [-0.2, 0) is 15.0 Å². The van der Waals surface area contributed by atoms with Crippen molar-refractivity contribution in [2.24, 2.45) is 0 Å². The summed E-state index contributed by atoms with van der Waals surface area (Å²) in [5.41, 5.74) is 0.373. The van der Waals surface area contributed by atoms with Crippen molar-refractivity contribution in [3.05, 3.63) is 60.2 Å². The molecule has 1 N–H and O–H groups in total. The van der Waals surface area contributed by atoms with E-state index in [1.807, 2.05) is 54.6 Å². The van der Waals surface area contributed by atoms with E-state index in [1.54, 1.807) is 18.9 Å². The van der Waals surface area contributed by atoms with Crippen molar-refractivity contribution in [1.82, 2.24) is 10.2 Å². The Morgan fingerprint density at radius 1 is 1.03 bits per heavy atom. The van der Waals surface area contributed by atoms with Crippen LogP contribution >= 0.6 is 0 Å². The minimum Gasteiger partial charge on any atom is -0.497 e. The summed E-state index contributed by atoms with van der Waals surface area (Å²) in [4.78, 5) is 26.7. The smallest absolute Gasteiger partial charge is 0.230 e. The summed E-state index contributed by atoms with van der Waals surface area (Å²) in [5.74, 6) is 1.47. The molecule has 0 bridgehead atoms. The maximum Gasteiger partial charge on any atom is 0.230 e. The van der Waals surface area contributed by atoms with Gasteiger partial charge in [-0.3, -0.25) is 9.59 Å². The van der Waals surface area contributed by atoms with Gasteiger partial charge in [0, 0.05) is 26.1 Å². The van der Waals surface area contributed by atoms with Crippen molar-refractivity contribution >= 4 is 11.8 Å². The highest BCUT2D eigenvalue weighted by atomic mass is 16.5. The summed E-state index contributed by atoms with van der Waals surface area (Å²) in [6.07, 6.45) is 1.22. The molecule has 0 unspecified atom stereocenters. The average Bonchev–Trinajstić information content (AvgIpc) is 2.77. The fourth-order valence-electron chi connectivity index (χ4n) is 3.80. The predicted octanol–water partition coefficient (Wildman–Crippen LogP) is 2.77. The summed E-state index contributed by atoms with van der Waals surface area (Å²) in [6.45, 7) is 3.51. The molecule has 0 radical (unpaired) electrons. The molecule has 29 heavy (non-hydrogen) atoms. The molecule has 1 saturated heterocycles. The first-order valence-electron chi connectivity index (χ1n) is 9.91. The van der Waals surface area contributed by atoms with Gasteiger partial charge in [0.25, 0.3) is 0 Å². The second kappa shape index (κ2) is 9.45. The molecule has 0 aromatic heterocycles. The molecular weight excluding hydrogens is 368 g/mol. The molecule has 154 valence electrons. The highest BCUT2D eigenvalue weighted by Crippen LogP contribution is 2.36. The van der Waals surface area contributed by atoms with E-state index in [0.717, 1.165) is 11.3 Å². The van der Waals surface area contributed by atoms with Crippen molar-refractivity contribution in [1.29, 1.82) is 0 Å². The molecule has 0 saturated carbocycles. The Bertz CT molecular complexity index is 830. The fourth-order valence-corrected chi connectivity index (χ4v) is 3.80. The first-order chi connectivity index (χ1) is 14.0. The molecule has 2 aromatic rings. The number of nitrogens with one attached hydrogen (secondary N) is 1. The van der Waals surface area contributed by atoms with E-state index in [-0.39, 0.29) is 11.8 Å². The highest BCUT2D eigenvalue weighted by molar-refractivity contribution is 5.88. The Labute approximate surface area is 171 Å². The van der Waals surface area contributed by atoms with Crippen LogP contribution in [0.5, 0.6) is 11.5 Å². The number of carbonyl (C=O) groups is 2. The summed E-state index contributed by atoms with van der Waals surface area (Å²) in [6, 6.07) is 17.2. The predicted molar refractivity (Wildman–Crippen MR) is 111 cm³/mol. The van der Waals surface area contributed by atoms with Crippen molar-refractivity contribution in [3.8, 4) is 11.5 Å². The fraction of sp³-hybridized carbons (Fsp3) is 0.391. The standard InChI is InChI=1S/C23H28N2O4/c1-18(26)25-14-11-23(12-15-25,19-7-4-3-5-8-19)22(27)24-13-16-29-21-10-6-9-20(17-21)28-2/h3-10,17H,11-16H2,1-2H3,(H,24,27). The van der Waals surface area contributed by atoms with Gasteiger partial charge in [-0.15, -0.1) is 0 Å². The van der Waals surface area contributed by atoms with Gasteiger partial charge in [-0.2, -0.15) is 0 Å². The molecule has 6 heteroatoms. The molecule has 1 fully saturated rings. The first kappa shape index (κ1) is 20.7. The van der Waals surface area contributed by atoms with Crippen LogP contribution in [0.2, 0.25) is 0 Å². The Hall–Kier alpha value is -3.02. The molecule has 3 rings (SSSR count). The number of carbonyl (C=O) groups excluding carboxylic acids is 2. The summed E-state index contributed by atoms with van der Waals surface area (Å²) in [5, 5.41) is 3.04. The average molecular weight is 396 g/mol. The number of amides is 2. The lowest BCUT2D eigenvalue weighted by Gasteiger charge is -2.40. The maximum absolute atomic E-state index is 13.2. The van der Waals surface area contributed by atoms with Crippen LogP contribution < -0.4 is 14.8 Å². The van der Waals surface area contributed by atoms with Gasteiger partial charge in [-0.25, -0.2) is 0 Å². The Morgan fingerprint density at radius 2 is 1.72 bits per heavy atom. The van der Waals surface area contributed by atoms with Crippen molar-refractivity contribution in [2.45, 2.75) is 25.2 Å². The van der Waals surface area contributed by atoms with Crippen LogP contribution in [0.3, 0.4) is 0 Å². The van der Waals surface area contributed by atoms with Gasteiger partial charge in [0.15, 0.2) is 0 Å². The molecular formula is C23H28N2O4. The Balaban J connectivity index is 1.62. The largest absolute Gasteiger partial charge is 0.497 e. The zero-order valence-corrected chi connectivity index (χ0v) is 17.0. The van der Waals surface area contributed by atoms with Gasteiger partial charge in [0.05, 0.1) is 19.1 Å². The van der Waals surface area contributed by atoms with Crippen LogP contribution in [0.25, 0.3) is 0 Å². The third kappa shape index (κ3) is 4.88. The van der Waals surface area contributed by atoms with Crippen LogP contribution in [0.4, 0.5) is 0 Å². The number of benzene rings is 2. The van der Waals surface area contributed by atoms with Gasteiger partial charge < -0.3 is 19.7 Å². The Morgan fingerprint density at radius 3 is 2.38 bits per heavy atom. The molecule has 0 aliphatic carbocycles. The topological polar surface area (TPSA) is 67.9 Å². The van der Waals surface area contributed by atoms with Gasteiger partial charge in [-0.1, -0.05) is 36.4 Å².